The van der Waals surface area contributed by atoms with E-state index in [-0.39, 0.29) is 42.1 Å². The molecule has 0 radical (unpaired) electrons. The third kappa shape index (κ3) is 3.53. The molecule has 1 fully saturated rings. The second-order valence-electron chi connectivity index (χ2n) is 4.62. The maximum atomic E-state index is 11.9. The number of carbonyl (C=O) groups excluding carboxylic acids is 2. The van der Waals surface area contributed by atoms with Crippen molar-refractivity contribution in [3.63, 3.8) is 0 Å². The normalized spacial score (nSPS) is 14.7. The number of benzene rings is 1. The van der Waals surface area contributed by atoms with Crippen molar-refractivity contribution in [2.75, 3.05) is 14.2 Å². The summed E-state index contributed by atoms with van der Waals surface area (Å²) in [6.45, 7) is 0.196. The molecule has 1 saturated carbocycles. The summed E-state index contributed by atoms with van der Waals surface area (Å²) in [5.41, 5.74) is 0.0925. The Morgan fingerprint density at radius 1 is 1.25 bits per heavy atom. The molecule has 1 aromatic rings. The number of methoxy groups -OCH3 is 1. The van der Waals surface area contributed by atoms with Crippen LogP contribution in [0.15, 0.2) is 30.3 Å². The zero-order valence-corrected chi connectivity index (χ0v) is 11.1. The SMILES string of the molecule is COC(=O)C1(N(C)C(=O)OCc2ccccc2)CC1.[NaH]. The Balaban J connectivity index is 0.00000200. The van der Waals surface area contributed by atoms with Crippen molar-refractivity contribution in [3.8, 4) is 0 Å². The van der Waals surface area contributed by atoms with Crippen LogP contribution in [0, 0.1) is 0 Å². The predicted octanol–water partition coefficient (Wildman–Crippen LogP) is 1.31. The number of nitrogens with zero attached hydrogens (tertiary/aromatic N) is 1. The molecule has 1 aromatic carbocycles. The number of esters is 1. The molecule has 0 saturated heterocycles. The van der Waals surface area contributed by atoms with Gasteiger partial charge in [0, 0.05) is 7.05 Å². The Bertz CT molecular complexity index is 473. The van der Waals surface area contributed by atoms with Gasteiger partial charge in [0.1, 0.15) is 12.1 Å². The fraction of sp³-hybridized carbons (Fsp3) is 0.429. The summed E-state index contributed by atoms with van der Waals surface area (Å²) in [7, 11) is 2.89. The minimum atomic E-state index is -0.817. The molecule has 0 spiro atoms. The number of ether oxygens (including phenoxy) is 2. The third-order valence-corrected chi connectivity index (χ3v) is 3.41. The van der Waals surface area contributed by atoms with Crippen LogP contribution in [0.1, 0.15) is 18.4 Å². The van der Waals surface area contributed by atoms with Crippen LogP contribution in [0.2, 0.25) is 0 Å². The van der Waals surface area contributed by atoms with Crippen LogP contribution in [-0.2, 0) is 20.9 Å². The molecule has 0 unspecified atom stereocenters. The molecule has 0 N–H and O–H groups in total. The second kappa shape index (κ2) is 7.11. The molecule has 0 bridgehead atoms. The molecule has 1 amide bonds. The van der Waals surface area contributed by atoms with Crippen molar-refractivity contribution in [1.29, 1.82) is 0 Å². The van der Waals surface area contributed by atoms with Gasteiger partial charge in [-0.2, -0.15) is 0 Å². The van der Waals surface area contributed by atoms with Gasteiger partial charge in [0.25, 0.3) is 0 Å². The van der Waals surface area contributed by atoms with Crippen molar-refractivity contribution in [2.45, 2.75) is 25.0 Å². The summed E-state index contributed by atoms with van der Waals surface area (Å²) < 4.78 is 9.91. The molecule has 0 aromatic heterocycles. The van der Waals surface area contributed by atoms with Gasteiger partial charge in [0.15, 0.2) is 0 Å². The number of hydrogen-bond donors (Lipinski definition) is 0. The summed E-state index contributed by atoms with van der Waals surface area (Å²) in [5.74, 6) is -0.383. The summed E-state index contributed by atoms with van der Waals surface area (Å²) in [5, 5.41) is 0. The first-order valence-corrected chi connectivity index (χ1v) is 6.13. The van der Waals surface area contributed by atoms with Crippen LogP contribution < -0.4 is 0 Å². The van der Waals surface area contributed by atoms with Crippen LogP contribution in [0.3, 0.4) is 0 Å². The zero-order chi connectivity index (χ0) is 13.9. The number of hydrogen-bond acceptors (Lipinski definition) is 4. The van der Waals surface area contributed by atoms with Gasteiger partial charge in [-0.3, -0.25) is 4.90 Å². The average molecular weight is 287 g/mol. The van der Waals surface area contributed by atoms with Gasteiger partial charge in [-0.1, -0.05) is 30.3 Å². The van der Waals surface area contributed by atoms with Gasteiger partial charge in [0.2, 0.25) is 0 Å². The molecule has 1 aliphatic rings. The van der Waals surface area contributed by atoms with Crippen molar-refractivity contribution in [2.24, 2.45) is 0 Å². The fourth-order valence-electron chi connectivity index (χ4n) is 1.98. The minimum absolute atomic E-state index is 0. The van der Waals surface area contributed by atoms with Crippen LogP contribution in [0.4, 0.5) is 4.79 Å². The molecule has 0 atom stereocenters. The van der Waals surface area contributed by atoms with Crippen LogP contribution in [0.25, 0.3) is 0 Å². The first-order chi connectivity index (χ1) is 9.10. The van der Waals surface area contributed by atoms with Gasteiger partial charge in [-0.15, -0.1) is 0 Å². The Hall–Kier alpha value is -1.04. The number of rotatable bonds is 4. The van der Waals surface area contributed by atoms with E-state index in [2.05, 4.69) is 0 Å². The molecule has 0 aliphatic heterocycles. The number of amides is 1. The molecule has 5 nitrogen and oxygen atoms in total. The van der Waals surface area contributed by atoms with E-state index in [1.165, 1.54) is 12.0 Å². The topological polar surface area (TPSA) is 55.8 Å². The first kappa shape index (κ1) is 17.0. The van der Waals surface area contributed by atoms with Crippen LogP contribution >= 0.6 is 0 Å². The molecule has 2 rings (SSSR count). The van der Waals surface area contributed by atoms with Gasteiger partial charge in [-0.25, -0.2) is 9.59 Å². The Morgan fingerprint density at radius 2 is 1.85 bits per heavy atom. The van der Waals surface area contributed by atoms with Crippen molar-refractivity contribution in [1.82, 2.24) is 4.90 Å². The van der Waals surface area contributed by atoms with Gasteiger partial charge >= 0.3 is 41.6 Å². The fourth-order valence-corrected chi connectivity index (χ4v) is 1.98. The average Bonchev–Trinajstić information content (AvgIpc) is 3.25. The Labute approximate surface area is 140 Å². The van der Waals surface area contributed by atoms with Crippen molar-refractivity contribution < 1.29 is 19.1 Å². The van der Waals surface area contributed by atoms with E-state index in [1.807, 2.05) is 30.3 Å². The van der Waals surface area contributed by atoms with Gasteiger partial charge < -0.3 is 9.47 Å². The van der Waals surface area contributed by atoms with Gasteiger partial charge in [0.05, 0.1) is 7.11 Å². The van der Waals surface area contributed by atoms with E-state index >= 15 is 0 Å². The summed E-state index contributed by atoms with van der Waals surface area (Å²) >= 11 is 0. The monoisotopic (exact) mass is 287 g/mol. The van der Waals surface area contributed by atoms with E-state index in [0.29, 0.717) is 12.8 Å². The molecule has 104 valence electrons. The first-order valence-electron chi connectivity index (χ1n) is 6.13. The van der Waals surface area contributed by atoms with Crippen molar-refractivity contribution >= 4 is 41.6 Å². The molecular formula is C14H18NNaO4. The molecule has 6 heteroatoms. The Kier molecular flexibility index (Phi) is 6.05. The van der Waals surface area contributed by atoms with Gasteiger partial charge in [-0.05, 0) is 18.4 Å². The number of likely N-dealkylation sites (N-methyl/N-ethyl adjacent to an activating group) is 1. The van der Waals surface area contributed by atoms with Crippen LogP contribution in [0.5, 0.6) is 0 Å². The second-order valence-corrected chi connectivity index (χ2v) is 4.62. The summed E-state index contributed by atoms with van der Waals surface area (Å²) in [6.07, 6.45) is 0.736. The van der Waals surface area contributed by atoms with E-state index in [4.69, 9.17) is 9.47 Å². The predicted molar refractivity (Wildman–Crippen MR) is 75.5 cm³/mol. The van der Waals surface area contributed by atoms with E-state index < -0.39 is 11.6 Å². The Morgan fingerprint density at radius 3 is 2.35 bits per heavy atom. The van der Waals surface area contributed by atoms with E-state index in [1.54, 1.807) is 7.05 Å². The quantitative estimate of drug-likeness (QED) is 0.619. The molecule has 1 aliphatic carbocycles. The van der Waals surface area contributed by atoms with Crippen molar-refractivity contribution in [3.05, 3.63) is 35.9 Å². The van der Waals surface area contributed by atoms with E-state index in [0.717, 1.165) is 5.56 Å². The van der Waals surface area contributed by atoms with E-state index in [9.17, 15) is 9.59 Å². The molecule has 0 heterocycles. The summed E-state index contributed by atoms with van der Waals surface area (Å²) in [4.78, 5) is 24.9. The summed E-state index contributed by atoms with van der Waals surface area (Å²) in [6, 6.07) is 9.41. The zero-order valence-electron chi connectivity index (χ0n) is 11.1. The third-order valence-electron chi connectivity index (χ3n) is 3.41. The maximum absolute atomic E-state index is 11.9. The number of carbonyl (C=O) groups is 2. The molecular weight excluding hydrogens is 269 g/mol. The standard InChI is InChI=1S/C14H17NO4.Na.H/c1-15(14(8-9-14)12(16)18-2)13(17)19-10-11-6-4-3-5-7-11;;/h3-7H,8-10H2,1-2H3;;. The van der Waals surface area contributed by atoms with Crippen LogP contribution in [-0.4, -0.2) is 66.2 Å². The molecule has 20 heavy (non-hydrogen) atoms.